The predicted molar refractivity (Wildman–Crippen MR) is 105 cm³/mol. The molecule has 6 nitrogen and oxygen atoms in total. The van der Waals surface area contributed by atoms with Crippen LogP contribution in [0, 0.1) is 0 Å². The van der Waals surface area contributed by atoms with Crippen LogP contribution in [0.25, 0.3) is 0 Å². The Balaban J connectivity index is 1.78. The van der Waals surface area contributed by atoms with Crippen molar-refractivity contribution in [1.82, 2.24) is 15.2 Å². The third kappa shape index (κ3) is 4.74. The molecule has 0 saturated carbocycles. The average Bonchev–Trinajstić information content (AvgIpc) is 2.60. The smallest absolute Gasteiger partial charge is 0.249 e. The van der Waals surface area contributed by atoms with E-state index in [0.29, 0.717) is 27.6 Å². The van der Waals surface area contributed by atoms with Crippen LogP contribution in [0.15, 0.2) is 48.7 Å². The summed E-state index contributed by atoms with van der Waals surface area (Å²) in [4.78, 5) is 4.41. The number of nitrogens with zero attached hydrogens (tertiary/aromatic N) is 3. The van der Waals surface area contributed by atoms with E-state index < -0.39 is 0 Å². The summed E-state index contributed by atoms with van der Waals surface area (Å²) in [6, 6.07) is 12.8. The van der Waals surface area contributed by atoms with Crippen LogP contribution in [0.2, 0.25) is 10.0 Å². The van der Waals surface area contributed by atoms with E-state index in [1.54, 1.807) is 18.2 Å². The van der Waals surface area contributed by atoms with E-state index in [4.69, 9.17) is 27.9 Å². The molecule has 0 atom stereocenters. The van der Waals surface area contributed by atoms with Crippen LogP contribution in [-0.2, 0) is 0 Å². The number of halogens is 2. The summed E-state index contributed by atoms with van der Waals surface area (Å²) >= 11 is 12.0. The standard InChI is InChI=1S/C18H17Cl2N5O/c1-11(2)26-16-6-4-3-5-15(16)23-18-24-17(10-21-25-18)22-12-7-8-13(19)14(20)9-12/h3-11H,1-2H3,(H2,22,23,24,25). The van der Waals surface area contributed by atoms with E-state index in [2.05, 4.69) is 25.8 Å². The minimum absolute atomic E-state index is 0.0552. The highest BCUT2D eigenvalue weighted by atomic mass is 35.5. The Hall–Kier alpha value is -2.57. The quantitative estimate of drug-likeness (QED) is 0.583. The van der Waals surface area contributed by atoms with Crippen molar-refractivity contribution in [1.29, 1.82) is 0 Å². The van der Waals surface area contributed by atoms with Crippen LogP contribution in [0.5, 0.6) is 5.75 Å². The van der Waals surface area contributed by atoms with Gasteiger partial charge in [0.15, 0.2) is 5.82 Å². The summed E-state index contributed by atoms with van der Waals surface area (Å²) in [7, 11) is 0. The first-order valence-electron chi connectivity index (χ1n) is 7.96. The molecule has 0 aliphatic rings. The van der Waals surface area contributed by atoms with Gasteiger partial charge in [-0.25, -0.2) is 0 Å². The molecule has 0 unspecified atom stereocenters. The molecule has 0 aliphatic carbocycles. The van der Waals surface area contributed by atoms with E-state index in [-0.39, 0.29) is 6.10 Å². The van der Waals surface area contributed by atoms with Gasteiger partial charge in [-0.2, -0.15) is 10.1 Å². The zero-order chi connectivity index (χ0) is 18.5. The molecule has 134 valence electrons. The van der Waals surface area contributed by atoms with Gasteiger partial charge in [-0.1, -0.05) is 35.3 Å². The van der Waals surface area contributed by atoms with E-state index in [9.17, 15) is 0 Å². The molecule has 0 amide bonds. The Kier molecular flexibility index (Phi) is 5.75. The van der Waals surface area contributed by atoms with Gasteiger partial charge in [0.2, 0.25) is 5.95 Å². The van der Waals surface area contributed by atoms with E-state index in [1.165, 1.54) is 6.20 Å². The fourth-order valence-electron chi connectivity index (χ4n) is 2.19. The molecule has 0 radical (unpaired) electrons. The maximum atomic E-state index is 6.03. The number of aromatic nitrogens is 3. The Bertz CT molecular complexity index is 904. The largest absolute Gasteiger partial charge is 0.489 e. The van der Waals surface area contributed by atoms with Crippen LogP contribution >= 0.6 is 23.2 Å². The molecule has 1 heterocycles. The monoisotopic (exact) mass is 389 g/mol. The van der Waals surface area contributed by atoms with Gasteiger partial charge in [-0.05, 0) is 44.2 Å². The Morgan fingerprint density at radius 1 is 1.00 bits per heavy atom. The molecule has 26 heavy (non-hydrogen) atoms. The molecular formula is C18H17Cl2N5O. The van der Waals surface area contributed by atoms with Gasteiger partial charge in [-0.15, -0.1) is 5.10 Å². The number of hydrogen-bond donors (Lipinski definition) is 2. The minimum Gasteiger partial charge on any atom is -0.489 e. The first-order chi connectivity index (χ1) is 12.5. The molecular weight excluding hydrogens is 373 g/mol. The van der Waals surface area contributed by atoms with Crippen LogP contribution in [0.4, 0.5) is 23.1 Å². The third-order valence-corrected chi connectivity index (χ3v) is 3.99. The number of hydrogen-bond acceptors (Lipinski definition) is 6. The second-order valence-electron chi connectivity index (χ2n) is 5.71. The Morgan fingerprint density at radius 3 is 2.58 bits per heavy atom. The number of benzene rings is 2. The second-order valence-corrected chi connectivity index (χ2v) is 6.52. The molecule has 2 aromatic carbocycles. The molecule has 8 heteroatoms. The third-order valence-electron chi connectivity index (χ3n) is 3.25. The second kappa shape index (κ2) is 8.21. The van der Waals surface area contributed by atoms with Gasteiger partial charge < -0.3 is 15.4 Å². The highest BCUT2D eigenvalue weighted by molar-refractivity contribution is 6.42. The van der Waals surface area contributed by atoms with Gasteiger partial charge in [0.05, 0.1) is 28.0 Å². The predicted octanol–water partition coefficient (Wildman–Crippen LogP) is 5.45. The van der Waals surface area contributed by atoms with Crippen molar-refractivity contribution in [3.63, 3.8) is 0 Å². The molecule has 0 saturated heterocycles. The van der Waals surface area contributed by atoms with Gasteiger partial charge in [-0.3, -0.25) is 0 Å². The number of para-hydroxylation sites is 2. The maximum Gasteiger partial charge on any atom is 0.249 e. The van der Waals surface area contributed by atoms with Crippen molar-refractivity contribution in [3.05, 3.63) is 58.7 Å². The summed E-state index contributed by atoms with van der Waals surface area (Å²) in [6.07, 6.45) is 1.57. The highest BCUT2D eigenvalue weighted by Gasteiger charge is 2.08. The number of ether oxygens (including phenoxy) is 1. The van der Waals surface area contributed by atoms with Crippen molar-refractivity contribution < 1.29 is 4.74 Å². The summed E-state index contributed by atoms with van der Waals surface area (Å²) in [6.45, 7) is 3.94. The maximum absolute atomic E-state index is 6.03. The zero-order valence-corrected chi connectivity index (χ0v) is 15.7. The van der Waals surface area contributed by atoms with Crippen molar-refractivity contribution >= 4 is 46.3 Å². The summed E-state index contributed by atoms with van der Waals surface area (Å²) in [5.41, 5.74) is 1.50. The van der Waals surface area contributed by atoms with Gasteiger partial charge in [0.1, 0.15) is 5.75 Å². The molecule has 0 bridgehead atoms. The van der Waals surface area contributed by atoms with Crippen LogP contribution in [0.3, 0.4) is 0 Å². The number of anilines is 4. The molecule has 1 aromatic heterocycles. The summed E-state index contributed by atoms with van der Waals surface area (Å²) in [5, 5.41) is 15.2. The van der Waals surface area contributed by atoms with Gasteiger partial charge in [0.25, 0.3) is 0 Å². The first kappa shape index (κ1) is 18.2. The van der Waals surface area contributed by atoms with E-state index in [1.807, 2.05) is 38.1 Å². The molecule has 2 N–H and O–H groups in total. The molecule has 0 spiro atoms. The number of rotatable bonds is 6. The summed E-state index contributed by atoms with van der Waals surface area (Å²) in [5.74, 6) is 1.58. The first-order valence-corrected chi connectivity index (χ1v) is 8.71. The lowest BCUT2D eigenvalue weighted by atomic mass is 10.3. The fraction of sp³-hybridized carbons (Fsp3) is 0.167. The molecule has 0 fully saturated rings. The Labute approximate surface area is 161 Å². The Morgan fingerprint density at radius 2 is 1.81 bits per heavy atom. The number of nitrogens with one attached hydrogen (secondary N) is 2. The lowest BCUT2D eigenvalue weighted by Crippen LogP contribution is -2.08. The molecule has 3 aromatic rings. The van der Waals surface area contributed by atoms with Crippen molar-refractivity contribution in [2.45, 2.75) is 20.0 Å². The average molecular weight is 390 g/mol. The highest BCUT2D eigenvalue weighted by Crippen LogP contribution is 2.28. The van der Waals surface area contributed by atoms with Crippen molar-refractivity contribution in [2.24, 2.45) is 0 Å². The summed E-state index contributed by atoms with van der Waals surface area (Å²) < 4.78 is 5.79. The fourth-order valence-corrected chi connectivity index (χ4v) is 2.48. The van der Waals surface area contributed by atoms with Gasteiger partial charge in [0, 0.05) is 5.69 Å². The lowest BCUT2D eigenvalue weighted by molar-refractivity contribution is 0.244. The zero-order valence-electron chi connectivity index (χ0n) is 14.2. The lowest BCUT2D eigenvalue weighted by Gasteiger charge is -2.14. The minimum atomic E-state index is 0.0552. The SMILES string of the molecule is CC(C)Oc1ccccc1Nc1nncc(Nc2ccc(Cl)c(Cl)c2)n1. The van der Waals surface area contributed by atoms with Crippen molar-refractivity contribution in [3.8, 4) is 5.75 Å². The molecule has 3 rings (SSSR count). The molecule has 0 aliphatic heterocycles. The van der Waals surface area contributed by atoms with Gasteiger partial charge >= 0.3 is 0 Å². The normalized spacial score (nSPS) is 10.7. The van der Waals surface area contributed by atoms with Crippen LogP contribution < -0.4 is 15.4 Å². The van der Waals surface area contributed by atoms with Crippen LogP contribution in [0.1, 0.15) is 13.8 Å². The van der Waals surface area contributed by atoms with E-state index >= 15 is 0 Å². The van der Waals surface area contributed by atoms with E-state index in [0.717, 1.165) is 11.4 Å². The topological polar surface area (TPSA) is 72.0 Å². The van der Waals surface area contributed by atoms with Crippen molar-refractivity contribution in [2.75, 3.05) is 10.6 Å². The van der Waals surface area contributed by atoms with Crippen LogP contribution in [-0.4, -0.2) is 21.3 Å².